The first-order valence-corrected chi connectivity index (χ1v) is 10.7. The summed E-state index contributed by atoms with van der Waals surface area (Å²) in [4.78, 5) is 0. The summed E-state index contributed by atoms with van der Waals surface area (Å²) in [6.45, 7) is 15.2. The van der Waals surface area contributed by atoms with Crippen LogP contribution in [-0.2, 0) is 23.7 Å². The van der Waals surface area contributed by atoms with Crippen molar-refractivity contribution in [3.63, 3.8) is 0 Å². The van der Waals surface area contributed by atoms with Gasteiger partial charge in [0.05, 0.1) is 13.2 Å². The molecule has 2 aromatic carbocycles. The number of rotatable bonds is 0. The second-order valence-corrected chi connectivity index (χ2v) is 10.0. The highest BCUT2D eigenvalue weighted by atomic mass is 16.5. The van der Waals surface area contributed by atoms with Gasteiger partial charge in [-0.2, -0.15) is 0 Å². The van der Waals surface area contributed by atoms with Gasteiger partial charge in [0.2, 0.25) is 0 Å². The lowest BCUT2D eigenvalue weighted by atomic mass is 9.85. The summed E-state index contributed by atoms with van der Waals surface area (Å²) in [5.41, 5.74) is 5.97. The van der Waals surface area contributed by atoms with Gasteiger partial charge in [0.25, 0.3) is 0 Å². The largest absolute Gasteiger partial charge is 0.493 e. The van der Waals surface area contributed by atoms with E-state index in [0.717, 1.165) is 37.6 Å². The van der Waals surface area contributed by atoms with E-state index in [0.29, 0.717) is 0 Å². The molecule has 28 heavy (non-hydrogen) atoms. The van der Waals surface area contributed by atoms with Gasteiger partial charge in [0.15, 0.2) is 0 Å². The fourth-order valence-electron chi connectivity index (χ4n) is 3.63. The molecule has 2 aliphatic heterocycles. The molecule has 0 saturated heterocycles. The molecule has 4 rings (SSSR count). The first-order valence-electron chi connectivity index (χ1n) is 10.7. The summed E-state index contributed by atoms with van der Waals surface area (Å²) < 4.78 is 11.3. The highest BCUT2D eigenvalue weighted by Crippen LogP contribution is 2.32. The summed E-state index contributed by atoms with van der Waals surface area (Å²) in [5.74, 6) is 2.19. The quantitative estimate of drug-likeness (QED) is 0.511. The molecule has 2 aliphatic rings. The van der Waals surface area contributed by atoms with Crippen LogP contribution in [0.3, 0.4) is 0 Å². The van der Waals surface area contributed by atoms with Crippen molar-refractivity contribution in [1.82, 2.24) is 0 Å². The van der Waals surface area contributed by atoms with Gasteiger partial charge in [-0.1, -0.05) is 65.8 Å². The van der Waals surface area contributed by atoms with Crippen LogP contribution in [0.5, 0.6) is 11.5 Å². The second kappa shape index (κ2) is 8.19. The molecule has 0 unspecified atom stereocenters. The zero-order valence-corrected chi connectivity index (χ0v) is 18.5. The third-order valence-electron chi connectivity index (χ3n) is 5.56. The molecule has 0 N–H and O–H groups in total. The fraction of sp³-hybridized carbons (Fsp3) is 0.538. The highest BCUT2D eigenvalue weighted by molar-refractivity contribution is 5.41. The Labute approximate surface area is 171 Å². The summed E-state index contributed by atoms with van der Waals surface area (Å²) in [7, 11) is 0. The smallest absolute Gasteiger partial charge is 0.122 e. The SMILES string of the molecule is CC(C)(C)c1ccc2c(c1)CCCO2.CC(C)(C)c1ccc2c(c1)OCCC2. The van der Waals surface area contributed by atoms with Crippen LogP contribution in [0.15, 0.2) is 36.4 Å². The zero-order valence-electron chi connectivity index (χ0n) is 18.5. The van der Waals surface area contributed by atoms with Crippen molar-refractivity contribution >= 4 is 0 Å². The third-order valence-corrected chi connectivity index (χ3v) is 5.56. The minimum absolute atomic E-state index is 0.218. The Balaban J connectivity index is 0.000000161. The molecule has 2 nitrogen and oxygen atoms in total. The lowest BCUT2D eigenvalue weighted by molar-refractivity contribution is 0.287. The molecule has 0 radical (unpaired) electrons. The molecule has 0 atom stereocenters. The predicted molar refractivity (Wildman–Crippen MR) is 118 cm³/mol. The number of fused-ring (bicyclic) bond motifs is 2. The maximum atomic E-state index is 5.66. The molecule has 0 fully saturated rings. The van der Waals surface area contributed by atoms with Crippen molar-refractivity contribution in [3.8, 4) is 11.5 Å². The summed E-state index contributed by atoms with van der Waals surface area (Å²) in [5, 5.41) is 0. The van der Waals surface area contributed by atoms with E-state index in [1.54, 1.807) is 0 Å². The van der Waals surface area contributed by atoms with Gasteiger partial charge in [-0.25, -0.2) is 0 Å². The van der Waals surface area contributed by atoms with Gasteiger partial charge >= 0.3 is 0 Å². The zero-order chi connectivity index (χ0) is 20.4. The molecule has 0 aromatic heterocycles. The molecule has 2 heteroatoms. The average molecular weight is 381 g/mol. The third kappa shape index (κ3) is 5.10. The van der Waals surface area contributed by atoms with Gasteiger partial charge in [0.1, 0.15) is 11.5 Å². The second-order valence-electron chi connectivity index (χ2n) is 10.0. The van der Waals surface area contributed by atoms with Crippen LogP contribution in [0.1, 0.15) is 76.6 Å². The van der Waals surface area contributed by atoms with Crippen LogP contribution >= 0.6 is 0 Å². The predicted octanol–water partition coefficient (Wildman–Crippen LogP) is 6.62. The van der Waals surface area contributed by atoms with Crippen LogP contribution in [0.25, 0.3) is 0 Å². The first kappa shape index (κ1) is 20.8. The molecule has 0 spiro atoms. The van der Waals surface area contributed by atoms with Gasteiger partial charge in [0, 0.05) is 0 Å². The van der Waals surface area contributed by atoms with E-state index in [4.69, 9.17) is 9.47 Å². The molecular formula is C26H36O2. The normalized spacial score (nSPS) is 15.9. The van der Waals surface area contributed by atoms with Gasteiger partial charge < -0.3 is 9.47 Å². The van der Waals surface area contributed by atoms with Gasteiger partial charge in [-0.05, 0) is 70.9 Å². The van der Waals surface area contributed by atoms with E-state index in [-0.39, 0.29) is 10.8 Å². The van der Waals surface area contributed by atoms with E-state index in [1.165, 1.54) is 35.1 Å². The van der Waals surface area contributed by atoms with Crippen molar-refractivity contribution in [3.05, 3.63) is 58.7 Å². The van der Waals surface area contributed by atoms with Gasteiger partial charge in [-0.15, -0.1) is 0 Å². The fourth-order valence-corrected chi connectivity index (χ4v) is 3.63. The van der Waals surface area contributed by atoms with Crippen LogP contribution in [0, 0.1) is 0 Å². The minimum Gasteiger partial charge on any atom is -0.493 e. The van der Waals surface area contributed by atoms with Crippen molar-refractivity contribution in [2.24, 2.45) is 0 Å². The van der Waals surface area contributed by atoms with Crippen LogP contribution in [0.4, 0.5) is 0 Å². The van der Waals surface area contributed by atoms with Crippen LogP contribution in [0.2, 0.25) is 0 Å². The highest BCUT2D eigenvalue weighted by Gasteiger charge is 2.18. The van der Waals surface area contributed by atoms with E-state index >= 15 is 0 Å². The van der Waals surface area contributed by atoms with E-state index < -0.39 is 0 Å². The first-order chi connectivity index (χ1) is 13.1. The topological polar surface area (TPSA) is 18.5 Å². The molecule has 0 amide bonds. The molecule has 0 aliphatic carbocycles. The number of hydrogen-bond donors (Lipinski definition) is 0. The van der Waals surface area contributed by atoms with Crippen molar-refractivity contribution in [2.45, 2.75) is 78.1 Å². The Morgan fingerprint density at radius 2 is 1.14 bits per heavy atom. The summed E-state index contributed by atoms with van der Waals surface area (Å²) in [6.07, 6.45) is 4.64. The molecule has 0 saturated carbocycles. The Morgan fingerprint density at radius 1 is 0.607 bits per heavy atom. The van der Waals surface area contributed by atoms with Crippen molar-refractivity contribution in [2.75, 3.05) is 13.2 Å². The van der Waals surface area contributed by atoms with E-state index in [9.17, 15) is 0 Å². The number of benzene rings is 2. The summed E-state index contributed by atoms with van der Waals surface area (Å²) >= 11 is 0. The average Bonchev–Trinajstić information content (AvgIpc) is 2.66. The lowest BCUT2D eigenvalue weighted by Crippen LogP contribution is -2.14. The van der Waals surface area contributed by atoms with Crippen molar-refractivity contribution in [1.29, 1.82) is 0 Å². The van der Waals surface area contributed by atoms with Gasteiger partial charge in [-0.3, -0.25) is 0 Å². The maximum absolute atomic E-state index is 5.66. The Morgan fingerprint density at radius 3 is 1.79 bits per heavy atom. The monoisotopic (exact) mass is 380 g/mol. The molecule has 0 bridgehead atoms. The van der Waals surface area contributed by atoms with Crippen LogP contribution < -0.4 is 9.47 Å². The number of hydrogen-bond acceptors (Lipinski definition) is 2. The molecule has 2 heterocycles. The van der Waals surface area contributed by atoms with Crippen LogP contribution in [-0.4, -0.2) is 13.2 Å². The number of aryl methyl sites for hydroxylation is 2. The lowest BCUT2D eigenvalue weighted by Gasteiger charge is -2.23. The standard InChI is InChI=1S/2C13H18O/c1-13(2,3)11-6-7-12-10(9-11)5-4-8-14-12;1-13(2,3)11-7-6-10-5-4-8-14-12(10)9-11/h2*6-7,9H,4-5,8H2,1-3H3. The number of ether oxygens (including phenoxy) is 2. The Hall–Kier alpha value is -1.96. The minimum atomic E-state index is 0.218. The Kier molecular flexibility index (Phi) is 6.07. The molecular weight excluding hydrogens is 344 g/mol. The van der Waals surface area contributed by atoms with Crippen molar-refractivity contribution < 1.29 is 9.47 Å². The molecule has 152 valence electrons. The Bertz CT molecular complexity index is 737. The maximum Gasteiger partial charge on any atom is 0.122 e. The summed E-state index contributed by atoms with van der Waals surface area (Å²) in [6, 6.07) is 13.3. The van der Waals surface area contributed by atoms with E-state index in [1.807, 2.05) is 0 Å². The van der Waals surface area contributed by atoms with E-state index in [2.05, 4.69) is 77.9 Å². The molecule has 2 aromatic rings.